The number of carbonyl (C=O) groups is 2. The summed E-state index contributed by atoms with van der Waals surface area (Å²) in [6, 6.07) is 8.48. The maximum Gasteiger partial charge on any atom is 0.344 e. The van der Waals surface area contributed by atoms with Crippen molar-refractivity contribution in [3.8, 4) is 0 Å². The molecule has 0 aromatic carbocycles. The number of aliphatic carboxylic acids is 2. The second kappa shape index (κ2) is 7.99. The lowest BCUT2D eigenvalue weighted by atomic mass is 10.1. The summed E-state index contributed by atoms with van der Waals surface area (Å²) >= 11 is 0. The maximum absolute atomic E-state index is 9.51. The SMILES string of the molecule is C=CCN.O=C(O)C(O)C(=O)O.c1cc2ccc1=2. The molecule has 0 spiro atoms. The topological polar surface area (TPSA) is 121 Å². The molecule has 18 heavy (non-hydrogen) atoms. The van der Waals surface area contributed by atoms with Gasteiger partial charge in [0, 0.05) is 6.54 Å². The molecule has 2 rings (SSSR count). The number of rotatable bonds is 3. The normalized spacial score (nSPS) is 9.28. The van der Waals surface area contributed by atoms with Gasteiger partial charge >= 0.3 is 11.9 Å². The lowest BCUT2D eigenvalue weighted by Gasteiger charge is -1.95. The van der Waals surface area contributed by atoms with E-state index in [-0.39, 0.29) is 0 Å². The van der Waals surface area contributed by atoms with Crippen LogP contribution in [0.3, 0.4) is 0 Å². The third kappa shape index (κ3) is 5.24. The molecule has 0 aromatic rings. The van der Waals surface area contributed by atoms with Gasteiger partial charge in [-0.1, -0.05) is 30.3 Å². The van der Waals surface area contributed by atoms with Gasteiger partial charge in [0.05, 0.1) is 0 Å². The summed E-state index contributed by atoms with van der Waals surface area (Å²) < 4.78 is 0. The maximum atomic E-state index is 9.51. The molecule has 0 bridgehead atoms. The Morgan fingerprint density at radius 3 is 1.44 bits per heavy atom. The van der Waals surface area contributed by atoms with Crippen LogP contribution >= 0.6 is 0 Å². The highest BCUT2D eigenvalue weighted by molar-refractivity contribution is 5.95. The zero-order valence-electron chi connectivity index (χ0n) is 9.61. The Bertz CT molecular complexity index is 447. The van der Waals surface area contributed by atoms with Crippen molar-refractivity contribution in [2.45, 2.75) is 6.10 Å². The van der Waals surface area contributed by atoms with E-state index in [1.807, 2.05) is 0 Å². The Morgan fingerprint density at radius 1 is 1.17 bits per heavy atom. The third-order valence-electron chi connectivity index (χ3n) is 1.85. The van der Waals surface area contributed by atoms with E-state index in [1.165, 1.54) is 10.4 Å². The molecule has 0 aromatic heterocycles. The van der Waals surface area contributed by atoms with Crippen molar-refractivity contribution < 1.29 is 24.9 Å². The lowest BCUT2D eigenvalue weighted by molar-refractivity contribution is -0.160. The second-order valence-electron chi connectivity index (χ2n) is 3.18. The minimum atomic E-state index is -2.30. The molecule has 0 heterocycles. The van der Waals surface area contributed by atoms with Crippen LogP contribution in [0.25, 0.3) is 0 Å². The fourth-order valence-electron chi connectivity index (χ4n) is 0.768. The average molecular weight is 253 g/mol. The summed E-state index contributed by atoms with van der Waals surface area (Å²) in [5.74, 6) is -3.50. The van der Waals surface area contributed by atoms with Crippen molar-refractivity contribution in [2.24, 2.45) is 5.73 Å². The molecule has 5 N–H and O–H groups in total. The number of aliphatic hydroxyl groups excluding tert-OH is 1. The molecule has 98 valence electrons. The Labute approximate surface area is 103 Å². The summed E-state index contributed by atoms with van der Waals surface area (Å²) in [4.78, 5) is 19.0. The molecular formula is C12H15NO5. The van der Waals surface area contributed by atoms with Crippen LogP contribution in [0, 0.1) is 10.4 Å². The van der Waals surface area contributed by atoms with Crippen LogP contribution in [0.15, 0.2) is 36.9 Å². The molecule has 2 aliphatic rings. The van der Waals surface area contributed by atoms with E-state index < -0.39 is 18.0 Å². The van der Waals surface area contributed by atoms with Crippen LogP contribution in [0.4, 0.5) is 0 Å². The number of hydrogen-bond acceptors (Lipinski definition) is 4. The Morgan fingerprint density at radius 2 is 1.44 bits per heavy atom. The summed E-state index contributed by atoms with van der Waals surface area (Å²) in [5, 5.41) is 26.3. The van der Waals surface area contributed by atoms with E-state index in [0.29, 0.717) is 6.54 Å². The first-order valence-corrected chi connectivity index (χ1v) is 4.99. The smallest absolute Gasteiger partial charge is 0.344 e. The molecule has 2 aliphatic carbocycles. The molecular weight excluding hydrogens is 238 g/mol. The third-order valence-corrected chi connectivity index (χ3v) is 1.85. The van der Waals surface area contributed by atoms with Gasteiger partial charge in [0.25, 0.3) is 0 Å². The fourth-order valence-corrected chi connectivity index (χ4v) is 0.768. The number of hydrogen-bond donors (Lipinski definition) is 4. The van der Waals surface area contributed by atoms with Crippen LogP contribution in [0.5, 0.6) is 0 Å². The number of carboxylic acids is 2. The van der Waals surface area contributed by atoms with Gasteiger partial charge < -0.3 is 21.1 Å². The Hall–Kier alpha value is -2.18. The number of benzene rings is 1. The van der Waals surface area contributed by atoms with E-state index in [1.54, 1.807) is 6.08 Å². The predicted molar refractivity (Wildman–Crippen MR) is 64.6 cm³/mol. The van der Waals surface area contributed by atoms with Crippen molar-refractivity contribution >= 4 is 11.9 Å². The summed E-state index contributed by atoms with van der Waals surface area (Å²) in [6.45, 7) is 3.94. The van der Waals surface area contributed by atoms with Crippen molar-refractivity contribution in [1.82, 2.24) is 0 Å². The van der Waals surface area contributed by atoms with Gasteiger partial charge in [0.2, 0.25) is 6.10 Å². The van der Waals surface area contributed by atoms with Crippen molar-refractivity contribution in [3.63, 3.8) is 0 Å². The van der Waals surface area contributed by atoms with E-state index in [0.717, 1.165) is 0 Å². The van der Waals surface area contributed by atoms with E-state index >= 15 is 0 Å². The summed E-state index contributed by atoms with van der Waals surface area (Å²) in [6.07, 6.45) is -0.644. The lowest BCUT2D eigenvalue weighted by Crippen LogP contribution is -2.28. The van der Waals surface area contributed by atoms with Gasteiger partial charge in [0.1, 0.15) is 0 Å². The van der Waals surface area contributed by atoms with E-state index in [2.05, 4.69) is 30.8 Å². The van der Waals surface area contributed by atoms with Gasteiger partial charge in [-0.3, -0.25) is 0 Å². The minimum absolute atomic E-state index is 0.583. The van der Waals surface area contributed by atoms with E-state index in [9.17, 15) is 9.59 Å². The molecule has 0 aliphatic heterocycles. The molecule has 0 atom stereocenters. The number of nitrogens with two attached hydrogens (primary N) is 1. The molecule has 6 heteroatoms. The molecule has 6 nitrogen and oxygen atoms in total. The van der Waals surface area contributed by atoms with Crippen molar-refractivity contribution in [2.75, 3.05) is 6.54 Å². The average Bonchev–Trinajstić information content (AvgIpc) is 2.33. The van der Waals surface area contributed by atoms with Crippen LogP contribution in [0.2, 0.25) is 0 Å². The largest absolute Gasteiger partial charge is 0.479 e. The first-order valence-electron chi connectivity index (χ1n) is 4.99. The van der Waals surface area contributed by atoms with Gasteiger partial charge in [-0.15, -0.1) is 6.58 Å². The highest BCUT2D eigenvalue weighted by atomic mass is 16.4. The summed E-state index contributed by atoms with van der Waals surface area (Å²) in [5.41, 5.74) is 4.91. The Balaban J connectivity index is 0.000000255. The zero-order chi connectivity index (χ0) is 14.1. The highest BCUT2D eigenvalue weighted by Crippen LogP contribution is 2.04. The summed E-state index contributed by atoms with van der Waals surface area (Å²) in [7, 11) is 0. The molecule has 0 unspecified atom stereocenters. The van der Waals surface area contributed by atoms with Crippen molar-refractivity contribution in [1.29, 1.82) is 0 Å². The molecule has 0 saturated heterocycles. The van der Waals surface area contributed by atoms with Crippen LogP contribution < -0.4 is 5.73 Å². The van der Waals surface area contributed by atoms with Crippen molar-refractivity contribution in [3.05, 3.63) is 47.4 Å². The second-order valence-corrected chi connectivity index (χ2v) is 3.18. The number of aliphatic hydroxyl groups is 1. The first kappa shape index (κ1) is 15.8. The predicted octanol–water partition coefficient (Wildman–Crippen LogP) is -0.0654. The molecule has 0 fully saturated rings. The first-order chi connectivity index (χ1) is 8.43. The highest BCUT2D eigenvalue weighted by Gasteiger charge is 2.20. The minimum Gasteiger partial charge on any atom is -0.479 e. The Kier molecular flexibility index (Phi) is 7.02. The molecule has 0 radical (unpaired) electrons. The molecule has 0 amide bonds. The molecule has 0 saturated carbocycles. The van der Waals surface area contributed by atoms with Gasteiger partial charge in [0.15, 0.2) is 0 Å². The number of carboxylic acid groups (broad SMARTS) is 2. The van der Waals surface area contributed by atoms with Gasteiger partial charge in [-0.25, -0.2) is 9.59 Å². The van der Waals surface area contributed by atoms with E-state index in [4.69, 9.17) is 21.1 Å². The van der Waals surface area contributed by atoms with Gasteiger partial charge in [-0.2, -0.15) is 0 Å². The standard InChI is InChI=1S/C6H4.C3H7N.C3H4O5/c1-2-6-4-3-5(1)6;1-2-3-4;4-1(2(5)6)3(7)8/h1-4H;2H,1,3-4H2;1,4H,(H,5,6)(H,7,8). The zero-order valence-corrected chi connectivity index (χ0v) is 9.61. The van der Waals surface area contributed by atoms with Crippen LogP contribution in [0.1, 0.15) is 0 Å². The van der Waals surface area contributed by atoms with Gasteiger partial charge in [-0.05, 0) is 10.4 Å². The van der Waals surface area contributed by atoms with Crippen LogP contribution in [-0.2, 0) is 9.59 Å². The monoisotopic (exact) mass is 253 g/mol. The quantitative estimate of drug-likeness (QED) is 0.449. The van der Waals surface area contributed by atoms with Crippen LogP contribution in [-0.4, -0.2) is 39.9 Å². The fraction of sp³-hybridized carbons (Fsp3) is 0.167.